The van der Waals surface area contributed by atoms with E-state index >= 15 is 0 Å². The largest absolute Gasteiger partial charge is 0.324 e. The summed E-state index contributed by atoms with van der Waals surface area (Å²) in [6.07, 6.45) is 6.59. The van der Waals surface area contributed by atoms with Crippen molar-refractivity contribution in [1.82, 2.24) is 4.90 Å². The Hall–Kier alpha value is -0.440. The summed E-state index contributed by atoms with van der Waals surface area (Å²) in [6, 6.07) is 0. The van der Waals surface area contributed by atoms with Crippen LogP contribution < -0.4 is 0 Å². The number of hydrogen-bond donors (Lipinski definition) is 0. The van der Waals surface area contributed by atoms with Crippen molar-refractivity contribution in [1.29, 1.82) is 0 Å². The molecule has 0 atom stereocenters. The molecule has 2 aliphatic heterocycles. The fourth-order valence-corrected chi connectivity index (χ4v) is 3.55. The molecule has 1 aliphatic carbocycles. The van der Waals surface area contributed by atoms with Crippen molar-refractivity contribution in [3.63, 3.8) is 0 Å². The summed E-state index contributed by atoms with van der Waals surface area (Å²) in [6.45, 7) is 2.25. The molecule has 0 fully saturated rings. The maximum atomic E-state index is 4.58. The van der Waals surface area contributed by atoms with E-state index in [0.717, 1.165) is 6.54 Å². The van der Waals surface area contributed by atoms with Gasteiger partial charge >= 0.3 is 0 Å². The summed E-state index contributed by atoms with van der Waals surface area (Å²) in [4.78, 5) is 8.66. The summed E-state index contributed by atoms with van der Waals surface area (Å²) in [5.74, 6) is 0. The Balaban J connectivity index is 1.94. The lowest BCUT2D eigenvalue weighted by molar-refractivity contribution is 0.450. The Morgan fingerprint density at radius 1 is 1.15 bits per heavy atom. The number of nitrogens with zero attached hydrogens (tertiary/aromatic N) is 2. The van der Waals surface area contributed by atoms with Crippen LogP contribution in [0.25, 0.3) is 0 Å². The van der Waals surface area contributed by atoms with E-state index in [1.807, 2.05) is 11.8 Å². The first-order valence-corrected chi connectivity index (χ1v) is 5.99. The van der Waals surface area contributed by atoms with Crippen LogP contribution in [0.1, 0.15) is 32.1 Å². The van der Waals surface area contributed by atoms with Crippen molar-refractivity contribution < 1.29 is 0 Å². The van der Waals surface area contributed by atoms with Gasteiger partial charge in [0.25, 0.3) is 0 Å². The number of aliphatic imine (C=N–C) groups is 1. The summed E-state index contributed by atoms with van der Waals surface area (Å²) in [5, 5.41) is 1.29. The molecule has 0 amide bonds. The third-order valence-electron chi connectivity index (χ3n) is 2.95. The zero-order valence-corrected chi connectivity index (χ0v) is 8.57. The number of thioether (sulfide) groups is 1. The minimum absolute atomic E-state index is 1.04. The van der Waals surface area contributed by atoms with Gasteiger partial charge in [-0.15, -0.1) is 0 Å². The Labute approximate surface area is 83.1 Å². The molecule has 0 aromatic carbocycles. The molecule has 2 nitrogen and oxygen atoms in total. The fourth-order valence-electron chi connectivity index (χ4n) is 2.29. The van der Waals surface area contributed by atoms with Crippen LogP contribution in [0.5, 0.6) is 0 Å². The molecule has 0 spiro atoms. The molecule has 70 valence electrons. The fraction of sp³-hybridized carbons (Fsp3) is 0.700. The molecule has 0 radical (unpaired) electrons. The van der Waals surface area contributed by atoms with Crippen LogP contribution in [0.15, 0.2) is 15.6 Å². The molecular formula is C10H14N2S. The monoisotopic (exact) mass is 194 g/mol. The summed E-state index contributed by atoms with van der Waals surface area (Å²) in [5.41, 5.74) is 1.61. The van der Waals surface area contributed by atoms with Crippen LogP contribution in [0.4, 0.5) is 0 Å². The number of hydrogen-bond acceptors (Lipinski definition) is 3. The standard InChI is InChI=1S/C10H14N2S/c1-2-5-9-8(4-1)12-7-3-6-11-10(12)13-9/h1-7H2. The van der Waals surface area contributed by atoms with E-state index in [0.29, 0.717) is 0 Å². The minimum atomic E-state index is 1.04. The van der Waals surface area contributed by atoms with Gasteiger partial charge in [-0.2, -0.15) is 0 Å². The molecule has 3 aliphatic rings. The lowest BCUT2D eigenvalue weighted by Crippen LogP contribution is -2.29. The van der Waals surface area contributed by atoms with Crippen LogP contribution in [0.3, 0.4) is 0 Å². The van der Waals surface area contributed by atoms with E-state index in [1.54, 1.807) is 10.6 Å². The summed E-state index contributed by atoms with van der Waals surface area (Å²) >= 11 is 1.93. The van der Waals surface area contributed by atoms with Gasteiger partial charge in [-0.3, -0.25) is 4.99 Å². The van der Waals surface area contributed by atoms with Gasteiger partial charge in [0, 0.05) is 23.7 Å². The lowest BCUT2D eigenvalue weighted by Gasteiger charge is -2.26. The minimum Gasteiger partial charge on any atom is -0.324 e. The molecule has 2 heterocycles. The molecule has 3 rings (SSSR count). The van der Waals surface area contributed by atoms with E-state index in [9.17, 15) is 0 Å². The van der Waals surface area contributed by atoms with Crippen LogP contribution in [0, 0.1) is 0 Å². The Morgan fingerprint density at radius 3 is 3.08 bits per heavy atom. The smallest absolute Gasteiger partial charge is 0.168 e. The highest BCUT2D eigenvalue weighted by atomic mass is 32.2. The molecule has 0 aromatic rings. The van der Waals surface area contributed by atoms with E-state index in [2.05, 4.69) is 9.89 Å². The van der Waals surface area contributed by atoms with Gasteiger partial charge in [0.1, 0.15) is 0 Å². The summed E-state index contributed by atoms with van der Waals surface area (Å²) in [7, 11) is 0. The molecule has 0 aromatic heterocycles. The number of rotatable bonds is 0. The number of fused-ring (bicyclic) bond motifs is 2. The highest BCUT2D eigenvalue weighted by Crippen LogP contribution is 2.43. The molecule has 0 saturated carbocycles. The van der Waals surface area contributed by atoms with E-state index in [1.165, 1.54) is 43.8 Å². The third kappa shape index (κ3) is 1.21. The molecule has 0 unspecified atom stereocenters. The third-order valence-corrected chi connectivity index (χ3v) is 4.17. The number of allylic oxidation sites excluding steroid dienone is 2. The normalized spacial score (nSPS) is 27.1. The average Bonchev–Trinajstić information content (AvgIpc) is 2.56. The molecule has 0 saturated heterocycles. The van der Waals surface area contributed by atoms with E-state index in [4.69, 9.17) is 0 Å². The Bertz CT molecular complexity index is 293. The van der Waals surface area contributed by atoms with Gasteiger partial charge in [0.05, 0.1) is 0 Å². The van der Waals surface area contributed by atoms with Crippen LogP contribution >= 0.6 is 11.8 Å². The van der Waals surface area contributed by atoms with E-state index in [-0.39, 0.29) is 0 Å². The summed E-state index contributed by atoms with van der Waals surface area (Å²) < 4.78 is 0. The molecule has 0 N–H and O–H groups in total. The highest BCUT2D eigenvalue weighted by molar-refractivity contribution is 8.17. The highest BCUT2D eigenvalue weighted by Gasteiger charge is 2.31. The SMILES string of the molecule is C1CCC2=C(C1)SC1=NCCCN12. The van der Waals surface area contributed by atoms with Crippen molar-refractivity contribution in [2.75, 3.05) is 13.1 Å². The van der Waals surface area contributed by atoms with Gasteiger partial charge in [-0.05, 0) is 32.1 Å². The second-order valence-electron chi connectivity index (χ2n) is 3.85. The van der Waals surface area contributed by atoms with Crippen LogP contribution in [0.2, 0.25) is 0 Å². The average molecular weight is 194 g/mol. The Morgan fingerprint density at radius 2 is 2.08 bits per heavy atom. The molecule has 3 heteroatoms. The van der Waals surface area contributed by atoms with Gasteiger partial charge in [0.15, 0.2) is 5.17 Å². The topological polar surface area (TPSA) is 15.6 Å². The first-order chi connectivity index (χ1) is 6.45. The maximum Gasteiger partial charge on any atom is 0.168 e. The maximum absolute atomic E-state index is 4.58. The van der Waals surface area contributed by atoms with Gasteiger partial charge < -0.3 is 4.90 Å². The zero-order chi connectivity index (χ0) is 8.67. The predicted octanol–water partition coefficient (Wildman–Crippen LogP) is 2.58. The van der Waals surface area contributed by atoms with Crippen molar-refractivity contribution in [3.8, 4) is 0 Å². The predicted molar refractivity (Wildman–Crippen MR) is 56.7 cm³/mol. The quantitative estimate of drug-likeness (QED) is 0.589. The lowest BCUT2D eigenvalue weighted by atomic mass is 10.0. The van der Waals surface area contributed by atoms with Gasteiger partial charge in [-0.1, -0.05) is 11.8 Å². The Kier molecular flexibility index (Phi) is 1.86. The van der Waals surface area contributed by atoms with Crippen molar-refractivity contribution in [3.05, 3.63) is 10.6 Å². The van der Waals surface area contributed by atoms with Crippen molar-refractivity contribution >= 4 is 16.9 Å². The first-order valence-electron chi connectivity index (χ1n) is 5.17. The van der Waals surface area contributed by atoms with Crippen LogP contribution in [-0.2, 0) is 0 Å². The van der Waals surface area contributed by atoms with Gasteiger partial charge in [-0.25, -0.2) is 0 Å². The number of amidine groups is 1. The van der Waals surface area contributed by atoms with Crippen molar-refractivity contribution in [2.24, 2.45) is 4.99 Å². The second kappa shape index (κ2) is 3.05. The molecule has 13 heavy (non-hydrogen) atoms. The zero-order valence-electron chi connectivity index (χ0n) is 7.75. The van der Waals surface area contributed by atoms with Gasteiger partial charge in [0.2, 0.25) is 0 Å². The van der Waals surface area contributed by atoms with Crippen molar-refractivity contribution in [2.45, 2.75) is 32.1 Å². The molecule has 0 bridgehead atoms. The van der Waals surface area contributed by atoms with Crippen LogP contribution in [-0.4, -0.2) is 23.2 Å². The second-order valence-corrected chi connectivity index (χ2v) is 4.91. The van der Waals surface area contributed by atoms with E-state index < -0.39 is 0 Å². The first kappa shape index (κ1) is 7.92. The molecular weight excluding hydrogens is 180 g/mol.